The van der Waals surface area contributed by atoms with E-state index in [4.69, 9.17) is 4.74 Å². The summed E-state index contributed by atoms with van der Waals surface area (Å²) >= 11 is 0. The molecule has 0 aliphatic carbocycles. The van der Waals surface area contributed by atoms with E-state index < -0.39 is 10.0 Å². The molecule has 1 unspecified atom stereocenters. The van der Waals surface area contributed by atoms with Gasteiger partial charge in [0.25, 0.3) is 0 Å². The van der Waals surface area contributed by atoms with Crippen molar-refractivity contribution in [1.29, 1.82) is 0 Å². The van der Waals surface area contributed by atoms with Crippen LogP contribution < -0.4 is 10.0 Å². The van der Waals surface area contributed by atoms with Crippen molar-refractivity contribution in [3.63, 3.8) is 0 Å². The summed E-state index contributed by atoms with van der Waals surface area (Å²) in [5, 5.41) is 3.25. The van der Waals surface area contributed by atoms with E-state index in [0.717, 1.165) is 32.1 Å². The summed E-state index contributed by atoms with van der Waals surface area (Å²) in [5.41, 5.74) is 1.18. The zero-order valence-corrected chi connectivity index (χ0v) is 18.1. The molecule has 1 fully saturated rings. The maximum atomic E-state index is 12.3. The fraction of sp³-hybridized carbons (Fsp3) is 0.409. The van der Waals surface area contributed by atoms with E-state index in [9.17, 15) is 8.42 Å². The number of likely N-dealkylation sites (tertiary alicyclic amines) is 1. The molecule has 8 heteroatoms. The van der Waals surface area contributed by atoms with Crippen LogP contribution in [0.3, 0.4) is 0 Å². The van der Waals surface area contributed by atoms with Crippen LogP contribution in [0.25, 0.3) is 0 Å². The quantitative estimate of drug-likeness (QED) is 0.362. The van der Waals surface area contributed by atoms with Gasteiger partial charge in [0.2, 0.25) is 10.0 Å². The number of benzene rings is 2. The Labute approximate surface area is 179 Å². The van der Waals surface area contributed by atoms with Crippen molar-refractivity contribution < 1.29 is 13.2 Å². The molecule has 2 aromatic rings. The lowest BCUT2D eigenvalue weighted by Crippen LogP contribution is -2.43. The molecule has 0 amide bonds. The van der Waals surface area contributed by atoms with Crippen molar-refractivity contribution >= 4 is 16.0 Å². The van der Waals surface area contributed by atoms with Crippen molar-refractivity contribution in [3.8, 4) is 0 Å². The number of ether oxygens (including phenoxy) is 1. The zero-order valence-electron chi connectivity index (χ0n) is 17.3. The minimum atomic E-state index is -3.49. The summed E-state index contributed by atoms with van der Waals surface area (Å²) in [6, 6.07) is 18.6. The second-order valence-corrected chi connectivity index (χ2v) is 9.05. The highest BCUT2D eigenvalue weighted by atomic mass is 32.2. The third-order valence-corrected chi connectivity index (χ3v) is 6.49. The van der Waals surface area contributed by atoms with Crippen molar-refractivity contribution in [1.82, 2.24) is 14.9 Å². The number of nitrogens with zero attached hydrogens (tertiary/aromatic N) is 2. The van der Waals surface area contributed by atoms with Crippen LogP contribution >= 0.6 is 0 Å². The predicted molar refractivity (Wildman–Crippen MR) is 119 cm³/mol. The molecule has 162 valence electrons. The van der Waals surface area contributed by atoms with Gasteiger partial charge < -0.3 is 15.0 Å². The second-order valence-electron chi connectivity index (χ2n) is 7.29. The molecule has 0 radical (unpaired) electrons. The fourth-order valence-corrected chi connectivity index (χ4v) is 4.51. The summed E-state index contributed by atoms with van der Waals surface area (Å²) in [4.78, 5) is 6.81. The number of hydrogen-bond acceptors (Lipinski definition) is 4. The van der Waals surface area contributed by atoms with Gasteiger partial charge in [-0.05, 0) is 24.1 Å². The SMILES string of the molecule is CN=C(NCCNS(=O)(=O)c1ccccc1)N1CCC(COCc2ccccc2)C1. The first kappa shape index (κ1) is 22.3. The summed E-state index contributed by atoms with van der Waals surface area (Å²) < 4.78 is 33.0. The molecule has 0 aromatic heterocycles. The van der Waals surface area contributed by atoms with Gasteiger partial charge in [-0.3, -0.25) is 4.99 Å². The van der Waals surface area contributed by atoms with Crippen molar-refractivity contribution in [2.75, 3.05) is 39.8 Å². The normalized spacial score (nSPS) is 17.3. The van der Waals surface area contributed by atoms with Gasteiger partial charge in [0.05, 0.1) is 18.1 Å². The topological polar surface area (TPSA) is 83.0 Å². The van der Waals surface area contributed by atoms with E-state index >= 15 is 0 Å². The first-order valence-corrected chi connectivity index (χ1v) is 11.7. The third kappa shape index (κ3) is 6.55. The van der Waals surface area contributed by atoms with E-state index in [-0.39, 0.29) is 11.4 Å². The molecule has 0 saturated carbocycles. The average Bonchev–Trinajstić information content (AvgIpc) is 3.24. The van der Waals surface area contributed by atoms with E-state index in [1.165, 1.54) is 5.56 Å². The van der Waals surface area contributed by atoms with Gasteiger partial charge in [0.15, 0.2) is 5.96 Å². The monoisotopic (exact) mass is 430 g/mol. The highest BCUT2D eigenvalue weighted by molar-refractivity contribution is 7.89. The molecule has 30 heavy (non-hydrogen) atoms. The molecule has 0 bridgehead atoms. The Hall–Kier alpha value is -2.42. The number of hydrogen-bond donors (Lipinski definition) is 2. The molecule has 2 aromatic carbocycles. The molecule has 1 aliphatic rings. The zero-order chi connectivity index (χ0) is 21.2. The van der Waals surface area contributed by atoms with Crippen molar-refractivity contribution in [3.05, 3.63) is 66.2 Å². The second kappa shape index (κ2) is 11.1. The maximum absolute atomic E-state index is 12.3. The van der Waals surface area contributed by atoms with Gasteiger partial charge >= 0.3 is 0 Å². The van der Waals surface area contributed by atoms with E-state index in [1.54, 1.807) is 37.4 Å². The first-order chi connectivity index (χ1) is 14.6. The van der Waals surface area contributed by atoms with Gasteiger partial charge in [-0.25, -0.2) is 13.1 Å². The van der Waals surface area contributed by atoms with Gasteiger partial charge in [-0.1, -0.05) is 48.5 Å². The predicted octanol–water partition coefficient (Wildman–Crippen LogP) is 2.08. The van der Waals surface area contributed by atoms with Crippen LogP contribution in [0.5, 0.6) is 0 Å². The molecule has 0 spiro atoms. The smallest absolute Gasteiger partial charge is 0.240 e. The minimum absolute atomic E-state index is 0.271. The lowest BCUT2D eigenvalue weighted by atomic mass is 10.1. The first-order valence-electron chi connectivity index (χ1n) is 10.2. The third-order valence-electron chi connectivity index (χ3n) is 5.02. The molecule has 1 saturated heterocycles. The van der Waals surface area contributed by atoms with Gasteiger partial charge in [-0.15, -0.1) is 0 Å². The fourth-order valence-electron chi connectivity index (χ4n) is 3.45. The Morgan fingerprint density at radius 1 is 1.10 bits per heavy atom. The Kier molecular flexibility index (Phi) is 8.24. The van der Waals surface area contributed by atoms with E-state index in [1.807, 2.05) is 18.2 Å². The molecule has 1 atom stereocenters. The molecule has 3 rings (SSSR count). The van der Waals surface area contributed by atoms with Crippen molar-refractivity contribution in [2.24, 2.45) is 10.9 Å². The molecular weight excluding hydrogens is 400 g/mol. The number of guanidine groups is 1. The summed E-state index contributed by atoms with van der Waals surface area (Å²) in [5.74, 6) is 1.25. The molecular formula is C22H30N4O3S. The average molecular weight is 431 g/mol. The number of sulfonamides is 1. The molecule has 1 aliphatic heterocycles. The van der Waals surface area contributed by atoms with Crippen LogP contribution in [-0.2, 0) is 21.4 Å². The summed E-state index contributed by atoms with van der Waals surface area (Å²) in [7, 11) is -1.74. The number of aliphatic imine (C=N–C) groups is 1. The number of nitrogens with one attached hydrogen (secondary N) is 2. The lowest BCUT2D eigenvalue weighted by Gasteiger charge is -2.22. The lowest BCUT2D eigenvalue weighted by molar-refractivity contribution is 0.0907. The molecule has 1 heterocycles. The maximum Gasteiger partial charge on any atom is 0.240 e. The minimum Gasteiger partial charge on any atom is -0.376 e. The largest absolute Gasteiger partial charge is 0.376 e. The van der Waals surface area contributed by atoms with Crippen LogP contribution in [0.4, 0.5) is 0 Å². The highest BCUT2D eigenvalue weighted by Gasteiger charge is 2.25. The highest BCUT2D eigenvalue weighted by Crippen LogP contribution is 2.17. The van der Waals surface area contributed by atoms with Gasteiger partial charge in [0.1, 0.15) is 0 Å². The van der Waals surface area contributed by atoms with Crippen LogP contribution in [0.2, 0.25) is 0 Å². The Balaban J connectivity index is 1.37. The summed E-state index contributed by atoms with van der Waals surface area (Å²) in [6.07, 6.45) is 1.05. The van der Waals surface area contributed by atoms with Crippen molar-refractivity contribution in [2.45, 2.75) is 17.9 Å². The molecule has 2 N–H and O–H groups in total. The Morgan fingerprint density at radius 2 is 1.80 bits per heavy atom. The molecule has 7 nitrogen and oxygen atoms in total. The number of rotatable bonds is 9. The van der Waals surface area contributed by atoms with Gasteiger partial charge in [-0.2, -0.15) is 0 Å². The van der Waals surface area contributed by atoms with Crippen LogP contribution in [0.15, 0.2) is 70.6 Å². The Morgan fingerprint density at radius 3 is 2.50 bits per heavy atom. The van der Waals surface area contributed by atoms with Crippen LogP contribution in [-0.4, -0.2) is 59.1 Å². The van der Waals surface area contributed by atoms with Crippen LogP contribution in [0.1, 0.15) is 12.0 Å². The summed E-state index contributed by atoms with van der Waals surface area (Å²) in [6.45, 7) is 3.89. The Bertz CT molecular complexity index is 904. The van der Waals surface area contributed by atoms with Crippen LogP contribution in [0, 0.1) is 5.92 Å². The standard InChI is InChI=1S/C22H30N4O3S/c1-23-22(24-13-14-25-30(27,28)21-10-6-3-7-11-21)26-15-12-20(16-26)18-29-17-19-8-4-2-5-9-19/h2-11,20,25H,12-18H2,1H3,(H,23,24). The van der Waals surface area contributed by atoms with Gasteiger partial charge in [0, 0.05) is 39.1 Å². The van der Waals surface area contributed by atoms with E-state index in [2.05, 4.69) is 32.1 Å². The van der Waals surface area contributed by atoms with E-state index in [0.29, 0.717) is 19.1 Å².